The van der Waals surface area contributed by atoms with Crippen LogP contribution in [0.5, 0.6) is 0 Å². The molecule has 0 spiro atoms. The molecule has 5 aromatic rings. The molecule has 3 aromatic carbocycles. The van der Waals surface area contributed by atoms with Crippen LogP contribution in [0.3, 0.4) is 0 Å². The first-order chi connectivity index (χ1) is 18.6. The Bertz CT molecular complexity index is 1620. The third-order valence-electron chi connectivity index (χ3n) is 7.08. The molecule has 0 fully saturated rings. The summed E-state index contributed by atoms with van der Waals surface area (Å²) in [4.78, 5) is 38.2. The van der Waals surface area contributed by atoms with Crippen LogP contribution in [0.1, 0.15) is 32.1 Å². The highest BCUT2D eigenvalue weighted by molar-refractivity contribution is 6.07. The minimum absolute atomic E-state index is 0.00968. The number of H-pyrrole nitrogens is 1. The standard InChI is InChI=1S/C30H28N6O2/c1-34-13-5-10-27(34)29(37)33-23-12-11-22-18-36(15-14-35(28(22)16-23)19-24-17-31-20-32-24)30(38)26-9-4-7-21-6-2-3-8-25(21)26/h2-13,16-17,20H,14-15,18-19H2,1H3,(H,31,32)(H,33,37). The van der Waals surface area contributed by atoms with Crippen LogP contribution in [0, 0.1) is 0 Å². The summed E-state index contributed by atoms with van der Waals surface area (Å²) in [6.07, 6.45) is 5.39. The predicted octanol–water partition coefficient (Wildman–Crippen LogP) is 4.82. The van der Waals surface area contributed by atoms with Crippen molar-refractivity contribution in [3.05, 3.63) is 114 Å². The molecule has 38 heavy (non-hydrogen) atoms. The maximum atomic E-state index is 13.8. The topological polar surface area (TPSA) is 86.3 Å². The third kappa shape index (κ3) is 4.52. The number of hydrogen-bond donors (Lipinski definition) is 2. The molecular formula is C30H28N6O2. The van der Waals surface area contributed by atoms with Crippen LogP contribution < -0.4 is 10.2 Å². The fourth-order valence-corrected chi connectivity index (χ4v) is 5.10. The monoisotopic (exact) mass is 504 g/mol. The number of rotatable bonds is 5. The molecule has 0 saturated heterocycles. The van der Waals surface area contributed by atoms with Gasteiger partial charge in [-0.05, 0) is 46.7 Å². The number of nitrogens with zero attached hydrogens (tertiary/aromatic N) is 4. The minimum atomic E-state index is -0.169. The Morgan fingerprint density at radius 2 is 1.87 bits per heavy atom. The lowest BCUT2D eigenvalue weighted by molar-refractivity contribution is 0.0753. The molecule has 6 rings (SSSR count). The summed E-state index contributed by atoms with van der Waals surface area (Å²) in [6, 6.07) is 23.4. The number of aryl methyl sites for hydroxylation is 1. The van der Waals surface area contributed by atoms with E-state index in [4.69, 9.17) is 0 Å². The highest BCUT2D eigenvalue weighted by atomic mass is 16.2. The number of hydrogen-bond acceptors (Lipinski definition) is 4. The second-order valence-corrected chi connectivity index (χ2v) is 9.54. The van der Waals surface area contributed by atoms with Gasteiger partial charge >= 0.3 is 0 Å². The number of aromatic nitrogens is 3. The van der Waals surface area contributed by atoms with Crippen LogP contribution in [-0.4, -0.2) is 44.3 Å². The first kappa shape index (κ1) is 23.5. The smallest absolute Gasteiger partial charge is 0.272 e. The van der Waals surface area contributed by atoms with Gasteiger partial charge in [0, 0.05) is 56.0 Å². The highest BCUT2D eigenvalue weighted by Crippen LogP contribution is 2.31. The van der Waals surface area contributed by atoms with Gasteiger partial charge in [0.05, 0.1) is 18.6 Å². The van der Waals surface area contributed by atoms with E-state index in [0.29, 0.717) is 43.1 Å². The molecule has 2 amide bonds. The first-order valence-electron chi connectivity index (χ1n) is 12.6. The van der Waals surface area contributed by atoms with Crippen molar-refractivity contribution < 1.29 is 9.59 Å². The minimum Gasteiger partial charge on any atom is -0.363 e. The highest BCUT2D eigenvalue weighted by Gasteiger charge is 2.26. The van der Waals surface area contributed by atoms with Gasteiger partial charge < -0.3 is 24.7 Å². The lowest BCUT2D eigenvalue weighted by Gasteiger charge is -2.25. The van der Waals surface area contributed by atoms with Gasteiger partial charge in [-0.1, -0.05) is 42.5 Å². The second kappa shape index (κ2) is 9.89. The number of fused-ring (bicyclic) bond motifs is 2. The van der Waals surface area contributed by atoms with Crippen molar-refractivity contribution >= 4 is 34.0 Å². The summed E-state index contributed by atoms with van der Waals surface area (Å²) >= 11 is 0. The van der Waals surface area contributed by atoms with E-state index in [0.717, 1.165) is 27.7 Å². The molecule has 8 nitrogen and oxygen atoms in total. The average molecular weight is 505 g/mol. The lowest BCUT2D eigenvalue weighted by atomic mass is 10.0. The van der Waals surface area contributed by atoms with Crippen LogP contribution >= 0.6 is 0 Å². The molecule has 190 valence electrons. The summed E-state index contributed by atoms with van der Waals surface area (Å²) in [5.74, 6) is -0.159. The molecule has 0 radical (unpaired) electrons. The number of anilines is 2. The van der Waals surface area contributed by atoms with E-state index in [1.807, 2.05) is 91.1 Å². The SMILES string of the molecule is Cn1cccc1C(=O)Nc1ccc2c(c1)N(Cc1c[nH]cn1)CCN(C(=O)c1cccc3ccccc13)C2. The summed E-state index contributed by atoms with van der Waals surface area (Å²) in [7, 11) is 1.85. The Kier molecular flexibility index (Phi) is 6.13. The molecule has 0 aliphatic carbocycles. The van der Waals surface area contributed by atoms with Crippen LogP contribution in [0.4, 0.5) is 11.4 Å². The molecule has 0 bridgehead atoms. The van der Waals surface area contributed by atoms with Gasteiger partial charge in [0.25, 0.3) is 11.8 Å². The number of amides is 2. The maximum Gasteiger partial charge on any atom is 0.272 e. The number of benzene rings is 3. The van der Waals surface area contributed by atoms with Crippen LogP contribution in [0.15, 0.2) is 91.5 Å². The van der Waals surface area contributed by atoms with E-state index in [-0.39, 0.29) is 11.8 Å². The molecular weight excluding hydrogens is 476 g/mol. The number of nitrogens with one attached hydrogen (secondary N) is 2. The number of carbonyl (C=O) groups excluding carboxylic acids is 2. The van der Waals surface area contributed by atoms with Crippen molar-refractivity contribution in [1.29, 1.82) is 0 Å². The predicted molar refractivity (Wildman–Crippen MR) is 148 cm³/mol. The summed E-state index contributed by atoms with van der Waals surface area (Å²) in [5.41, 5.74) is 4.89. The zero-order chi connectivity index (χ0) is 26.1. The molecule has 0 saturated carbocycles. The number of imidazole rings is 1. The lowest BCUT2D eigenvalue weighted by Crippen LogP contribution is -2.35. The van der Waals surface area contributed by atoms with Crippen molar-refractivity contribution in [3.63, 3.8) is 0 Å². The summed E-state index contributed by atoms with van der Waals surface area (Å²) in [5, 5.41) is 5.03. The van der Waals surface area contributed by atoms with E-state index < -0.39 is 0 Å². The zero-order valence-corrected chi connectivity index (χ0v) is 21.1. The van der Waals surface area contributed by atoms with Gasteiger partial charge in [-0.25, -0.2) is 4.98 Å². The van der Waals surface area contributed by atoms with Crippen molar-refractivity contribution in [1.82, 2.24) is 19.4 Å². The van der Waals surface area contributed by atoms with Crippen LogP contribution in [0.25, 0.3) is 10.8 Å². The summed E-state index contributed by atoms with van der Waals surface area (Å²) in [6.45, 7) is 2.25. The molecule has 0 atom stereocenters. The normalized spacial score (nSPS) is 13.3. The van der Waals surface area contributed by atoms with Crippen LogP contribution in [0.2, 0.25) is 0 Å². The molecule has 1 aliphatic heterocycles. The van der Waals surface area contributed by atoms with Gasteiger partial charge in [0.2, 0.25) is 0 Å². The van der Waals surface area contributed by atoms with E-state index >= 15 is 0 Å². The van der Waals surface area contributed by atoms with Crippen LogP contribution in [-0.2, 0) is 20.1 Å². The second-order valence-electron chi connectivity index (χ2n) is 9.54. The molecule has 0 unspecified atom stereocenters. The van der Waals surface area contributed by atoms with Gasteiger partial charge in [-0.3, -0.25) is 9.59 Å². The fourth-order valence-electron chi connectivity index (χ4n) is 5.10. The average Bonchev–Trinajstić information content (AvgIpc) is 3.58. The van der Waals surface area contributed by atoms with E-state index in [1.54, 1.807) is 17.0 Å². The van der Waals surface area contributed by atoms with Crippen molar-refractivity contribution in [2.45, 2.75) is 13.1 Å². The number of carbonyl (C=O) groups is 2. The Labute approximate surface area is 220 Å². The maximum absolute atomic E-state index is 13.8. The Balaban J connectivity index is 1.33. The largest absolute Gasteiger partial charge is 0.363 e. The van der Waals surface area contributed by atoms with Gasteiger partial charge in [-0.2, -0.15) is 0 Å². The number of aromatic amines is 1. The third-order valence-corrected chi connectivity index (χ3v) is 7.08. The first-order valence-corrected chi connectivity index (χ1v) is 12.6. The summed E-state index contributed by atoms with van der Waals surface area (Å²) < 4.78 is 1.79. The van der Waals surface area contributed by atoms with E-state index in [9.17, 15) is 9.59 Å². The molecule has 3 heterocycles. The van der Waals surface area contributed by atoms with Crippen molar-refractivity contribution in [3.8, 4) is 0 Å². The van der Waals surface area contributed by atoms with Gasteiger partial charge in [0.1, 0.15) is 5.69 Å². The molecule has 2 aromatic heterocycles. The Morgan fingerprint density at radius 3 is 2.68 bits per heavy atom. The molecule has 8 heteroatoms. The Hall–Kier alpha value is -4.85. The Morgan fingerprint density at radius 1 is 1.00 bits per heavy atom. The fraction of sp³-hybridized carbons (Fsp3) is 0.167. The van der Waals surface area contributed by atoms with Gasteiger partial charge in [-0.15, -0.1) is 0 Å². The van der Waals surface area contributed by atoms with Crippen molar-refractivity contribution in [2.24, 2.45) is 7.05 Å². The zero-order valence-electron chi connectivity index (χ0n) is 21.1. The van der Waals surface area contributed by atoms with Gasteiger partial charge in [0.15, 0.2) is 0 Å². The van der Waals surface area contributed by atoms with Crippen molar-refractivity contribution in [2.75, 3.05) is 23.3 Å². The van der Waals surface area contributed by atoms with E-state index in [1.165, 1.54) is 0 Å². The quantitative estimate of drug-likeness (QED) is 0.360. The molecule has 1 aliphatic rings. The molecule has 2 N–H and O–H groups in total. The van der Waals surface area contributed by atoms with E-state index in [2.05, 4.69) is 20.2 Å².